The molecule has 1 rings (SSSR count). The van der Waals surface area contributed by atoms with Crippen LogP contribution < -0.4 is 4.57 Å². The SMILES string of the molecule is C=Cc1c[n+](C(CCCC)S(=O)(=O)O)c[nH]1.F[B-](F)(F)F. The molecule has 1 heterocycles. The summed E-state index contributed by atoms with van der Waals surface area (Å²) in [6, 6.07) is 0. The molecule has 1 atom stereocenters. The van der Waals surface area contributed by atoms with Crippen molar-refractivity contribution in [3.05, 3.63) is 24.8 Å². The molecule has 0 spiro atoms. The van der Waals surface area contributed by atoms with Gasteiger partial charge in [0.2, 0.25) is 11.7 Å². The van der Waals surface area contributed by atoms with Crippen LogP contribution in [0, 0.1) is 0 Å². The van der Waals surface area contributed by atoms with E-state index in [1.807, 2.05) is 6.92 Å². The van der Waals surface area contributed by atoms with E-state index < -0.39 is 22.7 Å². The van der Waals surface area contributed by atoms with Crippen molar-refractivity contribution in [3.8, 4) is 0 Å². The standard InChI is InChI=1S/C10H16N2O3S.BF4/c1-3-5-6-10(16(13,14)15)12-7-9(4-2)11-8-12;2-1(3,4)5/h4,7-8,10H,2-3,5-6H2,1H3,(H,13,14,15);/q;-1/p+1. The Hall–Kier alpha value is -1.36. The Morgan fingerprint density at radius 3 is 2.33 bits per heavy atom. The number of aromatic nitrogens is 2. The number of unbranched alkanes of at least 4 members (excludes halogenated alkanes) is 1. The van der Waals surface area contributed by atoms with Gasteiger partial charge >= 0.3 is 17.4 Å². The lowest BCUT2D eigenvalue weighted by Crippen LogP contribution is -2.41. The fraction of sp³-hybridized carbons (Fsp3) is 0.500. The molecule has 1 aromatic rings. The zero-order chi connectivity index (χ0) is 16.7. The number of nitrogens with zero attached hydrogens (tertiary/aromatic N) is 1. The van der Waals surface area contributed by atoms with E-state index in [2.05, 4.69) is 11.6 Å². The van der Waals surface area contributed by atoms with Crippen LogP contribution in [0.4, 0.5) is 17.3 Å². The number of hydrogen-bond acceptors (Lipinski definition) is 2. The third-order valence-electron chi connectivity index (χ3n) is 2.37. The quantitative estimate of drug-likeness (QED) is 0.364. The van der Waals surface area contributed by atoms with Crippen LogP contribution in [0.5, 0.6) is 0 Å². The number of halogens is 4. The maximum absolute atomic E-state index is 11.2. The van der Waals surface area contributed by atoms with Crippen LogP contribution in [0.25, 0.3) is 6.08 Å². The average molecular weight is 332 g/mol. The van der Waals surface area contributed by atoms with Gasteiger partial charge in [0.05, 0.1) is 0 Å². The lowest BCUT2D eigenvalue weighted by atomic mass is 10.2. The molecule has 0 radical (unpaired) electrons. The van der Waals surface area contributed by atoms with Crippen LogP contribution in [-0.4, -0.2) is 25.2 Å². The fourth-order valence-corrected chi connectivity index (χ4v) is 2.39. The summed E-state index contributed by atoms with van der Waals surface area (Å²) in [5.41, 5.74) is 0.713. The van der Waals surface area contributed by atoms with Crippen molar-refractivity contribution in [1.29, 1.82) is 0 Å². The first-order chi connectivity index (χ1) is 9.49. The Morgan fingerprint density at radius 2 is 2.00 bits per heavy atom. The highest BCUT2D eigenvalue weighted by atomic mass is 32.2. The van der Waals surface area contributed by atoms with Gasteiger partial charge in [0, 0.05) is 6.42 Å². The molecule has 1 aromatic heterocycles. The summed E-state index contributed by atoms with van der Waals surface area (Å²) in [6.07, 6.45) is 6.73. The lowest BCUT2D eigenvalue weighted by Gasteiger charge is -2.09. The second kappa shape index (κ2) is 8.18. The van der Waals surface area contributed by atoms with Crippen molar-refractivity contribution in [2.45, 2.75) is 31.6 Å². The van der Waals surface area contributed by atoms with Crippen molar-refractivity contribution in [1.82, 2.24) is 4.98 Å². The van der Waals surface area contributed by atoms with E-state index in [0.29, 0.717) is 12.1 Å². The van der Waals surface area contributed by atoms with Crippen LogP contribution in [0.3, 0.4) is 0 Å². The van der Waals surface area contributed by atoms with Crippen molar-refractivity contribution < 1.29 is 34.8 Å². The van der Waals surface area contributed by atoms with Crippen LogP contribution >= 0.6 is 0 Å². The van der Waals surface area contributed by atoms with E-state index in [9.17, 15) is 25.7 Å². The smallest absolute Gasteiger partial charge is 0.418 e. The van der Waals surface area contributed by atoms with E-state index in [4.69, 9.17) is 4.55 Å². The summed E-state index contributed by atoms with van der Waals surface area (Å²) in [5.74, 6) is 0. The van der Waals surface area contributed by atoms with Crippen molar-refractivity contribution in [2.75, 3.05) is 0 Å². The van der Waals surface area contributed by atoms with Crippen LogP contribution in [-0.2, 0) is 10.1 Å². The molecular formula is C10H17BF4N2O3S. The molecule has 11 heteroatoms. The van der Waals surface area contributed by atoms with E-state index in [0.717, 1.165) is 12.8 Å². The summed E-state index contributed by atoms with van der Waals surface area (Å²) in [4.78, 5) is 2.85. The number of imidazole rings is 1. The van der Waals surface area contributed by atoms with Crippen LogP contribution in [0.2, 0.25) is 0 Å². The Kier molecular flexibility index (Phi) is 7.65. The van der Waals surface area contributed by atoms with E-state index in [1.165, 1.54) is 10.9 Å². The molecule has 21 heavy (non-hydrogen) atoms. The maximum Gasteiger partial charge on any atom is 0.673 e. The summed E-state index contributed by atoms with van der Waals surface area (Å²) in [7, 11) is -10.1. The van der Waals surface area contributed by atoms with Gasteiger partial charge in [0.25, 0.3) is 0 Å². The molecule has 0 aromatic carbocycles. The molecule has 0 fully saturated rings. The Morgan fingerprint density at radius 1 is 1.48 bits per heavy atom. The van der Waals surface area contributed by atoms with Gasteiger partial charge in [-0.25, -0.2) is 9.55 Å². The Balaban J connectivity index is 0.000000690. The average Bonchev–Trinajstić information content (AvgIpc) is 2.74. The number of nitrogens with one attached hydrogen (secondary N) is 1. The van der Waals surface area contributed by atoms with Gasteiger partial charge in [0.15, 0.2) is 5.69 Å². The van der Waals surface area contributed by atoms with Gasteiger partial charge in [-0.3, -0.25) is 4.55 Å². The molecule has 0 amide bonds. The topological polar surface area (TPSA) is 74.0 Å². The predicted molar refractivity (Wildman–Crippen MR) is 71.4 cm³/mol. The van der Waals surface area contributed by atoms with Crippen LogP contribution in [0.1, 0.15) is 37.3 Å². The molecule has 0 saturated heterocycles. The zero-order valence-corrected chi connectivity index (χ0v) is 12.2. The van der Waals surface area contributed by atoms with Gasteiger partial charge in [-0.2, -0.15) is 8.42 Å². The highest BCUT2D eigenvalue weighted by molar-refractivity contribution is 7.85. The molecule has 1 unspecified atom stereocenters. The van der Waals surface area contributed by atoms with Crippen LogP contribution in [0.15, 0.2) is 19.1 Å². The first-order valence-corrected chi connectivity index (χ1v) is 7.54. The number of aromatic amines is 1. The molecule has 0 saturated carbocycles. The minimum atomic E-state index is -6.00. The summed E-state index contributed by atoms with van der Waals surface area (Å²) >= 11 is 0. The largest absolute Gasteiger partial charge is 0.673 e. The third kappa shape index (κ3) is 9.24. The Labute approximate surface area is 120 Å². The van der Waals surface area contributed by atoms with Crippen molar-refractivity contribution >= 4 is 23.4 Å². The van der Waals surface area contributed by atoms with Crippen molar-refractivity contribution in [2.24, 2.45) is 0 Å². The third-order valence-corrected chi connectivity index (χ3v) is 3.54. The summed E-state index contributed by atoms with van der Waals surface area (Å²) in [6.45, 7) is 5.54. The molecule has 2 N–H and O–H groups in total. The minimum absolute atomic E-state index is 0.397. The summed E-state index contributed by atoms with van der Waals surface area (Å²) < 4.78 is 72.1. The summed E-state index contributed by atoms with van der Waals surface area (Å²) in [5, 5.41) is -0.919. The maximum atomic E-state index is 11.2. The lowest BCUT2D eigenvalue weighted by molar-refractivity contribution is -0.701. The van der Waals surface area contributed by atoms with E-state index in [1.54, 1.807) is 12.3 Å². The highest BCUT2D eigenvalue weighted by Gasteiger charge is 2.28. The van der Waals surface area contributed by atoms with Gasteiger partial charge in [0.1, 0.15) is 6.20 Å². The van der Waals surface area contributed by atoms with E-state index >= 15 is 0 Å². The first kappa shape index (κ1) is 19.6. The van der Waals surface area contributed by atoms with Crippen molar-refractivity contribution in [3.63, 3.8) is 0 Å². The second-order valence-corrected chi connectivity index (χ2v) is 5.69. The molecule has 0 aliphatic carbocycles. The van der Waals surface area contributed by atoms with E-state index in [-0.39, 0.29) is 0 Å². The number of rotatable bonds is 6. The minimum Gasteiger partial charge on any atom is -0.418 e. The Bertz CT molecular complexity index is 539. The normalized spacial score (nSPS) is 13.2. The molecular weight excluding hydrogens is 315 g/mol. The number of hydrogen-bond donors (Lipinski definition) is 2. The van der Waals surface area contributed by atoms with Gasteiger partial charge in [-0.15, -0.1) is 0 Å². The molecule has 5 nitrogen and oxygen atoms in total. The predicted octanol–water partition coefficient (Wildman–Crippen LogP) is 2.82. The van der Waals surface area contributed by atoms with Gasteiger partial charge < -0.3 is 17.3 Å². The second-order valence-electron chi connectivity index (χ2n) is 4.12. The molecule has 0 aliphatic rings. The number of H-pyrrole nitrogens is 1. The van der Waals surface area contributed by atoms with Gasteiger partial charge in [-0.1, -0.05) is 19.9 Å². The van der Waals surface area contributed by atoms with Gasteiger partial charge in [-0.05, 0) is 12.5 Å². The zero-order valence-electron chi connectivity index (χ0n) is 11.3. The monoisotopic (exact) mass is 332 g/mol. The molecule has 122 valence electrons. The molecule has 0 bridgehead atoms. The molecule has 0 aliphatic heterocycles. The first-order valence-electron chi connectivity index (χ1n) is 6.04. The highest BCUT2D eigenvalue weighted by Crippen LogP contribution is 2.14. The fourth-order valence-electron chi connectivity index (χ4n) is 1.49.